The molecule has 0 radical (unpaired) electrons. The van der Waals surface area contributed by atoms with Gasteiger partial charge in [0.2, 0.25) is 0 Å². The van der Waals surface area contributed by atoms with E-state index < -0.39 is 0 Å². The summed E-state index contributed by atoms with van der Waals surface area (Å²) in [6.45, 7) is 6.94. The maximum atomic E-state index is 14.0. The molecule has 0 saturated heterocycles. The predicted octanol–water partition coefficient (Wildman–Crippen LogP) is 6.82. The van der Waals surface area contributed by atoms with Crippen molar-refractivity contribution in [2.24, 2.45) is 0 Å². The van der Waals surface area contributed by atoms with E-state index in [0.29, 0.717) is 18.4 Å². The maximum Gasteiger partial charge on any atom is 3.00 e. The van der Waals surface area contributed by atoms with Gasteiger partial charge in [0.25, 0.3) is 0 Å². The SMILES string of the molecule is Cc1nc2cc(F)c(C3CC3)cc2n1C1CCC1.[CH2-]C(=O)CC.[CH3-].[Y+3].[c-]1ccccc1. The minimum Gasteiger partial charge on any atom is -0.358 e. The number of halogens is 1. The Morgan fingerprint density at radius 1 is 1.19 bits per heavy atom. The summed E-state index contributed by atoms with van der Waals surface area (Å²) in [6, 6.07) is 16.8. The number of imidazole rings is 1. The van der Waals surface area contributed by atoms with Gasteiger partial charge < -0.3 is 23.7 Å². The number of aromatic nitrogens is 2. The van der Waals surface area contributed by atoms with Crippen LogP contribution in [0.25, 0.3) is 11.0 Å². The summed E-state index contributed by atoms with van der Waals surface area (Å²) in [5.41, 5.74) is 2.87. The van der Waals surface area contributed by atoms with Crippen molar-refractivity contribution in [3.63, 3.8) is 0 Å². The van der Waals surface area contributed by atoms with Crippen LogP contribution in [-0.4, -0.2) is 15.3 Å². The first-order chi connectivity index (χ1) is 14.0. The second kappa shape index (κ2) is 13.1. The van der Waals surface area contributed by atoms with Crippen LogP contribution in [0.1, 0.15) is 68.8 Å². The Kier molecular flexibility index (Phi) is 11.7. The van der Waals surface area contributed by atoms with Crippen LogP contribution in [0.3, 0.4) is 0 Å². The van der Waals surface area contributed by atoms with E-state index in [-0.39, 0.29) is 51.7 Å². The normalized spacial score (nSPS) is 14.5. The molecule has 2 aromatic carbocycles. The van der Waals surface area contributed by atoms with E-state index in [1.54, 1.807) is 13.0 Å². The van der Waals surface area contributed by atoms with Crippen LogP contribution in [0, 0.1) is 33.2 Å². The fourth-order valence-electron chi connectivity index (χ4n) is 3.41. The van der Waals surface area contributed by atoms with Crippen LogP contribution in [0.2, 0.25) is 0 Å². The molecule has 0 unspecified atom stereocenters. The Morgan fingerprint density at radius 3 is 2.19 bits per heavy atom. The number of ketones is 1. The summed E-state index contributed by atoms with van der Waals surface area (Å²) in [4.78, 5) is 14.2. The molecule has 0 atom stereocenters. The number of Topliss-reactive ketones (excluding diaryl/α,β-unsaturated/α-hetero) is 1. The number of fused-ring (bicyclic) bond motifs is 1. The summed E-state index contributed by atoms with van der Waals surface area (Å²) < 4.78 is 16.3. The molecule has 1 heterocycles. The quantitative estimate of drug-likeness (QED) is 0.373. The molecule has 162 valence electrons. The van der Waals surface area contributed by atoms with Gasteiger partial charge in [0.1, 0.15) is 11.6 Å². The van der Waals surface area contributed by atoms with Crippen molar-refractivity contribution in [1.82, 2.24) is 9.55 Å². The van der Waals surface area contributed by atoms with Crippen LogP contribution in [-0.2, 0) is 37.5 Å². The molecule has 1 aromatic heterocycles. The van der Waals surface area contributed by atoms with Gasteiger partial charge in [0.15, 0.2) is 0 Å². The first-order valence-corrected chi connectivity index (χ1v) is 10.4. The van der Waals surface area contributed by atoms with Crippen molar-refractivity contribution in [2.75, 3.05) is 0 Å². The Bertz CT molecular complexity index is 920. The zero-order valence-corrected chi connectivity index (χ0v) is 21.7. The molecule has 2 fully saturated rings. The molecule has 5 rings (SSSR count). The smallest absolute Gasteiger partial charge is 0.358 e. The third-order valence-corrected chi connectivity index (χ3v) is 5.44. The van der Waals surface area contributed by atoms with Gasteiger partial charge in [0.05, 0.1) is 11.0 Å². The van der Waals surface area contributed by atoms with Crippen molar-refractivity contribution < 1.29 is 41.9 Å². The van der Waals surface area contributed by atoms with Crippen molar-refractivity contribution in [3.05, 3.63) is 80.1 Å². The molecule has 0 aliphatic heterocycles. The Morgan fingerprint density at radius 2 is 1.81 bits per heavy atom. The number of hydrogen-bond acceptors (Lipinski definition) is 2. The van der Waals surface area contributed by atoms with Crippen LogP contribution >= 0.6 is 0 Å². The van der Waals surface area contributed by atoms with Crippen molar-refractivity contribution in [1.29, 1.82) is 0 Å². The number of aryl methyl sites for hydroxylation is 1. The molecule has 3 nitrogen and oxygen atoms in total. The van der Waals surface area contributed by atoms with Crippen molar-refractivity contribution in [2.45, 2.75) is 64.3 Å². The van der Waals surface area contributed by atoms with Gasteiger partial charge in [-0.2, -0.15) is 36.4 Å². The zero-order valence-electron chi connectivity index (χ0n) is 18.9. The molecule has 31 heavy (non-hydrogen) atoms. The Hall–Kier alpha value is -1.52. The van der Waals surface area contributed by atoms with Gasteiger partial charge in [-0.05, 0) is 68.8 Å². The predicted molar refractivity (Wildman–Crippen MR) is 122 cm³/mol. The van der Waals surface area contributed by atoms with E-state index >= 15 is 0 Å². The molecule has 3 aromatic rings. The Labute approximate surface area is 211 Å². The van der Waals surface area contributed by atoms with Gasteiger partial charge in [-0.25, -0.2) is 9.37 Å². The van der Waals surface area contributed by atoms with Gasteiger partial charge >= 0.3 is 32.7 Å². The van der Waals surface area contributed by atoms with Gasteiger partial charge in [-0.1, -0.05) is 6.92 Å². The first-order valence-electron chi connectivity index (χ1n) is 10.4. The summed E-state index contributed by atoms with van der Waals surface area (Å²) in [6.07, 6.45) is 6.61. The van der Waals surface area contributed by atoms with E-state index in [9.17, 15) is 9.18 Å². The first kappa shape index (κ1) is 27.5. The Balaban J connectivity index is 0.000000311. The molecule has 2 aliphatic rings. The van der Waals surface area contributed by atoms with Crippen LogP contribution < -0.4 is 0 Å². The zero-order chi connectivity index (χ0) is 20.8. The minimum absolute atomic E-state index is 0. The molecule has 0 spiro atoms. The molecule has 0 bridgehead atoms. The average Bonchev–Trinajstić information content (AvgIpc) is 3.48. The number of carbonyl (C=O) groups is 1. The fraction of sp³-hybridized carbons (Fsp3) is 0.385. The molecule has 0 amide bonds. The summed E-state index contributed by atoms with van der Waals surface area (Å²) in [7, 11) is 0. The van der Waals surface area contributed by atoms with E-state index in [2.05, 4.69) is 28.6 Å². The number of carbonyl (C=O) groups excluding carboxylic acids is 1. The number of benzene rings is 2. The minimum atomic E-state index is -0.0664. The number of nitrogens with zero attached hydrogens (tertiary/aromatic N) is 2. The van der Waals surface area contributed by atoms with Gasteiger partial charge in [0, 0.05) is 12.1 Å². The third-order valence-electron chi connectivity index (χ3n) is 5.44. The second-order valence-electron chi connectivity index (χ2n) is 7.72. The van der Waals surface area contributed by atoms with Crippen LogP contribution in [0.5, 0.6) is 0 Å². The van der Waals surface area contributed by atoms with Crippen LogP contribution in [0.4, 0.5) is 4.39 Å². The number of rotatable bonds is 3. The number of hydrogen-bond donors (Lipinski definition) is 0. The molecule has 0 N–H and O–H groups in total. The maximum absolute atomic E-state index is 14.0. The van der Waals surface area contributed by atoms with E-state index in [1.165, 1.54) is 19.3 Å². The molecular formula is C26H32FN2OY. The standard InChI is InChI=1S/C15H17FN2.C6H5.C4H7O.CH3.Y/c1-9-17-14-8-13(16)12(10-5-6-10)7-15(14)18(9)11-3-2-4-11;1-2-4-6-5-3-1;1-3-4(2)5;;/h7-8,10-11H,2-6H2,1H3;1-5H;2-3H2,1H3;1H3;/q;3*-1;+3. The average molecular weight is 496 g/mol. The third kappa shape index (κ3) is 7.54. The summed E-state index contributed by atoms with van der Waals surface area (Å²) in [5.74, 6) is 1.43. The fourth-order valence-corrected chi connectivity index (χ4v) is 3.41. The topological polar surface area (TPSA) is 34.9 Å². The monoisotopic (exact) mass is 496 g/mol. The summed E-state index contributed by atoms with van der Waals surface area (Å²) in [5, 5.41) is 0. The summed E-state index contributed by atoms with van der Waals surface area (Å²) >= 11 is 0. The van der Waals surface area contributed by atoms with Gasteiger partial charge in [-0.3, -0.25) is 0 Å². The van der Waals surface area contributed by atoms with E-state index in [0.717, 1.165) is 35.3 Å². The van der Waals surface area contributed by atoms with Crippen LogP contribution in [0.15, 0.2) is 42.5 Å². The molecule has 2 aliphatic carbocycles. The van der Waals surface area contributed by atoms with E-state index in [4.69, 9.17) is 0 Å². The largest absolute Gasteiger partial charge is 3.00 e. The van der Waals surface area contributed by atoms with Gasteiger partial charge in [-0.15, -0.1) is 0 Å². The van der Waals surface area contributed by atoms with Crippen molar-refractivity contribution >= 4 is 16.8 Å². The molecule has 2 saturated carbocycles. The van der Waals surface area contributed by atoms with Crippen molar-refractivity contribution in [3.8, 4) is 0 Å². The second-order valence-corrected chi connectivity index (χ2v) is 7.72. The molecule has 5 heteroatoms. The molecular weight excluding hydrogens is 464 g/mol. The van der Waals surface area contributed by atoms with E-state index in [1.807, 2.05) is 37.3 Å².